The quantitative estimate of drug-likeness (QED) is 0.168. The molecule has 0 unspecified atom stereocenters. The van der Waals surface area contributed by atoms with Crippen LogP contribution in [-0.4, -0.2) is 9.13 Å². The van der Waals surface area contributed by atoms with Gasteiger partial charge < -0.3 is 9.13 Å². The second kappa shape index (κ2) is 12.4. The summed E-state index contributed by atoms with van der Waals surface area (Å²) in [6.45, 7) is 4.82. The lowest BCUT2D eigenvalue weighted by molar-refractivity contribution is 0.661. The Balaban J connectivity index is 0.947. The molecule has 1 aliphatic rings. The van der Waals surface area contributed by atoms with Crippen LogP contribution in [0, 0.1) is 0 Å². The standard InChI is InChI=1S/C57H38N2S/c1-57(2)49-31-39(58-51-19-11-9-17-42(51)44-25-21-37(29-53(44)58)35-13-5-3-6-14-35)23-27-41(49)47-34-56-48(33-50(47)57)46-28-24-40(32-55(46)60-56)59-52-20-12-10-18-43(52)45-26-22-38(30-54(45)59)36-15-7-4-8-16-36/h3-34H,1-2H3. The summed E-state index contributed by atoms with van der Waals surface area (Å²) in [5.74, 6) is 0. The van der Waals surface area contributed by atoms with Crippen LogP contribution in [0.5, 0.6) is 0 Å². The lowest BCUT2D eigenvalue weighted by Crippen LogP contribution is -2.15. The van der Waals surface area contributed by atoms with Crippen LogP contribution in [0.4, 0.5) is 0 Å². The fourth-order valence-electron chi connectivity index (χ4n) is 10.4. The van der Waals surface area contributed by atoms with E-state index in [9.17, 15) is 0 Å². The molecule has 0 spiro atoms. The maximum absolute atomic E-state index is 2.50. The van der Waals surface area contributed by atoms with E-state index in [0.717, 1.165) is 0 Å². The van der Waals surface area contributed by atoms with Crippen LogP contribution in [0.3, 0.4) is 0 Å². The highest BCUT2D eigenvalue weighted by molar-refractivity contribution is 7.25. The molecule has 0 N–H and O–H groups in total. The van der Waals surface area contributed by atoms with E-state index >= 15 is 0 Å². The van der Waals surface area contributed by atoms with Crippen molar-refractivity contribution in [3.63, 3.8) is 0 Å². The van der Waals surface area contributed by atoms with Gasteiger partial charge in [-0.15, -0.1) is 11.3 Å². The zero-order valence-electron chi connectivity index (χ0n) is 33.3. The summed E-state index contributed by atoms with van der Waals surface area (Å²) in [7, 11) is 0. The Morgan fingerprint density at radius 1 is 0.333 bits per heavy atom. The minimum absolute atomic E-state index is 0.170. The number of fused-ring (bicyclic) bond motifs is 12. The Kier molecular flexibility index (Phi) is 6.98. The summed E-state index contributed by atoms with van der Waals surface area (Å²) in [5, 5.41) is 7.76. The van der Waals surface area contributed by atoms with E-state index in [2.05, 4.69) is 217 Å². The maximum atomic E-state index is 2.50. The van der Waals surface area contributed by atoms with Crippen molar-refractivity contribution < 1.29 is 0 Å². The van der Waals surface area contributed by atoms with Gasteiger partial charge in [-0.2, -0.15) is 0 Å². The predicted molar refractivity (Wildman–Crippen MR) is 256 cm³/mol. The highest BCUT2D eigenvalue weighted by Crippen LogP contribution is 2.52. The van der Waals surface area contributed by atoms with Gasteiger partial charge in [0.05, 0.1) is 22.1 Å². The molecule has 0 atom stereocenters. The first-order chi connectivity index (χ1) is 29.5. The molecule has 3 heterocycles. The average molecular weight is 783 g/mol. The van der Waals surface area contributed by atoms with E-state index in [0.29, 0.717) is 0 Å². The molecule has 0 aliphatic heterocycles. The first kappa shape index (κ1) is 33.7. The third-order valence-corrected chi connectivity index (χ3v) is 14.4. The number of rotatable bonds is 4. The molecular weight excluding hydrogens is 745 g/mol. The topological polar surface area (TPSA) is 9.86 Å². The van der Waals surface area contributed by atoms with Gasteiger partial charge in [-0.1, -0.05) is 147 Å². The van der Waals surface area contributed by atoms with Crippen molar-refractivity contribution in [2.24, 2.45) is 0 Å². The van der Waals surface area contributed by atoms with Gasteiger partial charge >= 0.3 is 0 Å². The Labute approximate surface area is 351 Å². The largest absolute Gasteiger partial charge is 0.309 e. The Morgan fingerprint density at radius 3 is 1.43 bits per heavy atom. The van der Waals surface area contributed by atoms with Crippen LogP contribution >= 0.6 is 11.3 Å². The molecule has 3 heteroatoms. The molecule has 282 valence electrons. The van der Waals surface area contributed by atoms with Crippen molar-refractivity contribution in [1.82, 2.24) is 9.13 Å². The lowest BCUT2D eigenvalue weighted by Gasteiger charge is -2.22. The number of aromatic nitrogens is 2. The number of thiophene rings is 1. The van der Waals surface area contributed by atoms with Gasteiger partial charge in [-0.3, -0.25) is 0 Å². The van der Waals surface area contributed by atoms with E-state index in [1.807, 2.05) is 11.3 Å². The molecule has 0 saturated carbocycles. The highest BCUT2D eigenvalue weighted by atomic mass is 32.1. The summed E-state index contributed by atoms with van der Waals surface area (Å²) in [4.78, 5) is 0. The Bertz CT molecular complexity index is 3730. The summed E-state index contributed by atoms with van der Waals surface area (Å²) in [6, 6.07) is 72.2. The van der Waals surface area contributed by atoms with Gasteiger partial charge in [0.25, 0.3) is 0 Å². The third-order valence-electron chi connectivity index (χ3n) is 13.3. The van der Waals surface area contributed by atoms with Crippen molar-refractivity contribution in [3.8, 4) is 44.8 Å². The minimum atomic E-state index is -0.170. The molecule has 0 bridgehead atoms. The van der Waals surface area contributed by atoms with E-state index in [-0.39, 0.29) is 5.41 Å². The molecule has 1 aliphatic carbocycles. The zero-order chi connectivity index (χ0) is 39.7. The third kappa shape index (κ3) is 4.75. The van der Waals surface area contributed by atoms with Crippen LogP contribution in [0.2, 0.25) is 0 Å². The summed E-state index contributed by atoms with van der Waals surface area (Å²) < 4.78 is 7.57. The molecular formula is C57H38N2S. The SMILES string of the molecule is CC1(C)c2cc(-n3c4ccccc4c4ccc(-c5ccccc5)cc43)ccc2-c2cc3sc4cc(-n5c6ccccc6c6ccc(-c7ccccc7)cc65)ccc4c3cc21. The second-order valence-corrected chi connectivity index (χ2v) is 18.0. The summed E-state index contributed by atoms with van der Waals surface area (Å²) in [5.41, 5.74) is 17.5. The molecule has 0 fully saturated rings. The smallest absolute Gasteiger partial charge is 0.0547 e. The van der Waals surface area contributed by atoms with Gasteiger partial charge in [-0.25, -0.2) is 0 Å². The van der Waals surface area contributed by atoms with E-state index in [4.69, 9.17) is 0 Å². The van der Waals surface area contributed by atoms with Crippen LogP contribution in [0.15, 0.2) is 194 Å². The zero-order valence-corrected chi connectivity index (χ0v) is 34.1. The fourth-order valence-corrected chi connectivity index (χ4v) is 11.5. The number of hydrogen-bond donors (Lipinski definition) is 0. The molecule has 60 heavy (non-hydrogen) atoms. The van der Waals surface area contributed by atoms with E-state index in [1.54, 1.807) is 0 Å². The first-order valence-corrected chi connectivity index (χ1v) is 21.6. The molecule has 12 aromatic rings. The number of benzene rings is 9. The van der Waals surface area contributed by atoms with Crippen molar-refractivity contribution >= 4 is 75.1 Å². The minimum Gasteiger partial charge on any atom is -0.309 e. The molecule has 2 nitrogen and oxygen atoms in total. The molecule has 3 aromatic heterocycles. The fraction of sp³-hybridized carbons (Fsp3) is 0.0526. The monoisotopic (exact) mass is 782 g/mol. The Hall–Kier alpha value is -7.20. The van der Waals surface area contributed by atoms with Crippen molar-refractivity contribution in [3.05, 3.63) is 205 Å². The average Bonchev–Trinajstić information content (AvgIpc) is 4.00. The predicted octanol–water partition coefficient (Wildman–Crippen LogP) is 15.9. The number of nitrogens with zero attached hydrogens (tertiary/aromatic N) is 2. The van der Waals surface area contributed by atoms with Crippen LogP contribution in [-0.2, 0) is 5.41 Å². The lowest BCUT2D eigenvalue weighted by atomic mass is 9.82. The van der Waals surface area contributed by atoms with Gasteiger partial charge in [0.15, 0.2) is 0 Å². The maximum Gasteiger partial charge on any atom is 0.0547 e. The van der Waals surface area contributed by atoms with Gasteiger partial charge in [0.2, 0.25) is 0 Å². The first-order valence-electron chi connectivity index (χ1n) is 20.8. The van der Waals surface area contributed by atoms with Gasteiger partial charge in [0, 0.05) is 58.5 Å². The molecule has 0 saturated heterocycles. The number of hydrogen-bond acceptors (Lipinski definition) is 1. The van der Waals surface area contributed by atoms with Gasteiger partial charge in [-0.05, 0) is 105 Å². The van der Waals surface area contributed by atoms with Crippen molar-refractivity contribution in [1.29, 1.82) is 0 Å². The number of para-hydroxylation sites is 2. The molecule has 9 aromatic carbocycles. The van der Waals surface area contributed by atoms with E-state index < -0.39 is 0 Å². The second-order valence-electron chi connectivity index (χ2n) is 16.9. The molecule has 13 rings (SSSR count). The van der Waals surface area contributed by atoms with Crippen LogP contribution in [0.25, 0.3) is 109 Å². The van der Waals surface area contributed by atoms with Gasteiger partial charge in [0.1, 0.15) is 0 Å². The van der Waals surface area contributed by atoms with Crippen molar-refractivity contribution in [2.75, 3.05) is 0 Å². The summed E-state index contributed by atoms with van der Waals surface area (Å²) >= 11 is 1.91. The molecule has 0 amide bonds. The van der Waals surface area contributed by atoms with Crippen molar-refractivity contribution in [2.45, 2.75) is 19.3 Å². The van der Waals surface area contributed by atoms with Crippen LogP contribution in [0.1, 0.15) is 25.0 Å². The van der Waals surface area contributed by atoms with E-state index in [1.165, 1.54) is 120 Å². The molecule has 0 radical (unpaired) electrons. The normalized spacial score (nSPS) is 13.3. The van der Waals surface area contributed by atoms with Crippen LogP contribution < -0.4 is 0 Å². The Morgan fingerprint density at radius 2 is 0.817 bits per heavy atom. The highest BCUT2D eigenvalue weighted by Gasteiger charge is 2.36. The summed E-state index contributed by atoms with van der Waals surface area (Å²) in [6.07, 6.45) is 0.